The van der Waals surface area contributed by atoms with Crippen LogP contribution in [0.5, 0.6) is 0 Å². The monoisotopic (exact) mass is 205 g/mol. The molecule has 0 aliphatic rings. The van der Waals surface area contributed by atoms with Crippen molar-refractivity contribution in [1.82, 2.24) is 4.98 Å². The minimum atomic E-state index is 0.341. The number of nitrogens with zero attached hydrogens (tertiary/aromatic N) is 3. The maximum absolute atomic E-state index is 8.73. The molecule has 0 aliphatic carbocycles. The molecule has 0 saturated heterocycles. The van der Waals surface area contributed by atoms with E-state index in [1.165, 1.54) is 6.20 Å². The van der Waals surface area contributed by atoms with Gasteiger partial charge in [-0.1, -0.05) is 17.5 Å². The van der Waals surface area contributed by atoms with E-state index in [-0.39, 0.29) is 0 Å². The quantitative estimate of drug-likeness (QED) is 0.690. The number of hydrogen-bond acceptors (Lipinski definition) is 3. The summed E-state index contributed by atoms with van der Waals surface area (Å²) in [4.78, 5) is 5.76. The molecule has 1 aromatic heterocycles. The smallest absolute Gasteiger partial charge is 0.149 e. The van der Waals surface area contributed by atoms with Crippen molar-refractivity contribution in [2.45, 2.75) is 0 Å². The summed E-state index contributed by atoms with van der Waals surface area (Å²) in [5, 5.41) is 9.07. The highest BCUT2D eigenvalue weighted by molar-refractivity contribution is 6.34. The summed E-state index contributed by atoms with van der Waals surface area (Å²) in [6.45, 7) is 0.404. The fourth-order valence-electron chi connectivity index (χ4n) is 0.997. The van der Waals surface area contributed by atoms with Gasteiger partial charge in [0, 0.05) is 13.2 Å². The van der Waals surface area contributed by atoms with Gasteiger partial charge in [-0.25, -0.2) is 4.98 Å². The first-order valence-corrected chi connectivity index (χ1v) is 4.27. The van der Waals surface area contributed by atoms with Crippen LogP contribution in [-0.4, -0.2) is 18.6 Å². The van der Waals surface area contributed by atoms with Crippen LogP contribution in [0.4, 0.5) is 5.82 Å². The summed E-state index contributed by atoms with van der Waals surface area (Å²) in [5.41, 5.74) is 0.403. The molecule has 0 N–H and O–H groups in total. The van der Waals surface area contributed by atoms with Crippen molar-refractivity contribution in [2.24, 2.45) is 0 Å². The van der Waals surface area contributed by atoms with Gasteiger partial charge in [0.2, 0.25) is 0 Å². The molecule has 1 heterocycles. The van der Waals surface area contributed by atoms with Crippen LogP contribution in [0.25, 0.3) is 0 Å². The molecular weight excluding hydrogens is 198 g/mol. The molecule has 1 aromatic rings. The molecule has 70 valence electrons. The van der Waals surface area contributed by atoms with Gasteiger partial charge in [0.05, 0.1) is 12.1 Å². The predicted octanol–water partition coefficient (Wildman–Crippen LogP) is 1.68. The summed E-state index contributed by atoms with van der Waals surface area (Å²) in [5.74, 6) is 3.01. The molecule has 0 bridgehead atoms. The van der Waals surface area contributed by atoms with Gasteiger partial charge in [-0.3, -0.25) is 0 Å². The molecule has 0 atom stereocenters. The van der Waals surface area contributed by atoms with E-state index in [9.17, 15) is 0 Å². The highest BCUT2D eigenvalue weighted by Crippen LogP contribution is 2.24. The lowest BCUT2D eigenvalue weighted by molar-refractivity contribution is 1.01. The highest BCUT2D eigenvalue weighted by atomic mass is 35.5. The SMILES string of the molecule is C#CCN(C)c1nccc(C#N)c1Cl. The van der Waals surface area contributed by atoms with Crippen LogP contribution in [0.1, 0.15) is 5.56 Å². The normalized spacial score (nSPS) is 8.86. The predicted molar refractivity (Wildman–Crippen MR) is 56.1 cm³/mol. The third-order valence-electron chi connectivity index (χ3n) is 1.68. The Morgan fingerprint density at radius 3 is 3.00 bits per heavy atom. The standard InChI is InChI=1S/C10H8ClN3/c1-3-6-14(2)10-9(11)8(7-12)4-5-13-10/h1,4-5H,6H2,2H3. The van der Waals surface area contributed by atoms with Crippen molar-refractivity contribution in [1.29, 1.82) is 5.26 Å². The zero-order valence-electron chi connectivity index (χ0n) is 7.66. The number of anilines is 1. The average molecular weight is 206 g/mol. The lowest BCUT2D eigenvalue weighted by Crippen LogP contribution is -2.18. The molecular formula is C10H8ClN3. The van der Waals surface area contributed by atoms with Gasteiger partial charge in [-0.05, 0) is 6.07 Å². The number of halogens is 1. The van der Waals surface area contributed by atoms with Crippen molar-refractivity contribution in [3.05, 3.63) is 22.8 Å². The van der Waals surface area contributed by atoms with Crippen LogP contribution in [0, 0.1) is 23.7 Å². The summed E-state index contributed by atoms with van der Waals surface area (Å²) < 4.78 is 0. The molecule has 0 aliphatic heterocycles. The summed E-state index contributed by atoms with van der Waals surface area (Å²) >= 11 is 5.94. The third-order valence-corrected chi connectivity index (χ3v) is 2.05. The summed E-state index contributed by atoms with van der Waals surface area (Å²) in [7, 11) is 1.77. The Balaban J connectivity index is 3.12. The van der Waals surface area contributed by atoms with Gasteiger partial charge >= 0.3 is 0 Å². The lowest BCUT2D eigenvalue weighted by atomic mass is 10.3. The van der Waals surface area contributed by atoms with E-state index in [2.05, 4.69) is 10.9 Å². The van der Waals surface area contributed by atoms with Gasteiger partial charge in [0.15, 0.2) is 0 Å². The number of pyridine rings is 1. The first-order chi connectivity index (χ1) is 6.70. The van der Waals surface area contributed by atoms with Crippen LogP contribution in [0.2, 0.25) is 5.02 Å². The lowest BCUT2D eigenvalue weighted by Gasteiger charge is -2.16. The Morgan fingerprint density at radius 2 is 2.43 bits per heavy atom. The molecule has 0 fully saturated rings. The minimum absolute atomic E-state index is 0.341. The van der Waals surface area contributed by atoms with E-state index in [1.807, 2.05) is 6.07 Å². The topological polar surface area (TPSA) is 39.9 Å². The molecule has 0 spiro atoms. The second-order valence-corrected chi connectivity index (χ2v) is 3.05. The molecule has 0 radical (unpaired) electrons. The van der Waals surface area contributed by atoms with Gasteiger partial charge in [0.1, 0.15) is 16.9 Å². The highest BCUT2D eigenvalue weighted by Gasteiger charge is 2.10. The van der Waals surface area contributed by atoms with Crippen LogP contribution >= 0.6 is 11.6 Å². The van der Waals surface area contributed by atoms with Crippen LogP contribution < -0.4 is 4.90 Å². The van der Waals surface area contributed by atoms with E-state index in [4.69, 9.17) is 23.3 Å². The van der Waals surface area contributed by atoms with E-state index in [0.717, 1.165) is 0 Å². The van der Waals surface area contributed by atoms with Crippen molar-refractivity contribution in [3.8, 4) is 18.4 Å². The van der Waals surface area contributed by atoms with Crippen molar-refractivity contribution in [3.63, 3.8) is 0 Å². The molecule has 1 rings (SSSR count). The second kappa shape index (κ2) is 4.50. The number of rotatable bonds is 2. The van der Waals surface area contributed by atoms with E-state index >= 15 is 0 Å². The maximum atomic E-state index is 8.73. The van der Waals surface area contributed by atoms with Gasteiger partial charge in [-0.2, -0.15) is 5.26 Å². The minimum Gasteiger partial charge on any atom is -0.347 e. The Labute approximate surface area is 87.9 Å². The van der Waals surface area contributed by atoms with Gasteiger partial charge in [0.25, 0.3) is 0 Å². The number of nitriles is 1. The molecule has 0 saturated carbocycles. The second-order valence-electron chi connectivity index (χ2n) is 2.67. The first-order valence-electron chi connectivity index (χ1n) is 3.90. The molecule has 3 nitrogen and oxygen atoms in total. The van der Waals surface area contributed by atoms with Crippen LogP contribution in [0.15, 0.2) is 12.3 Å². The van der Waals surface area contributed by atoms with Crippen LogP contribution in [-0.2, 0) is 0 Å². The number of aromatic nitrogens is 1. The molecule has 0 unspecified atom stereocenters. The van der Waals surface area contributed by atoms with Gasteiger partial charge < -0.3 is 4.90 Å². The van der Waals surface area contributed by atoms with Crippen molar-refractivity contribution >= 4 is 17.4 Å². The molecule has 0 amide bonds. The Bertz CT molecular complexity index is 414. The van der Waals surface area contributed by atoms with Crippen LogP contribution in [0.3, 0.4) is 0 Å². The molecule has 0 aromatic carbocycles. The fourth-order valence-corrected chi connectivity index (χ4v) is 1.30. The Morgan fingerprint density at radius 1 is 1.71 bits per heavy atom. The zero-order valence-corrected chi connectivity index (χ0v) is 8.41. The number of hydrogen-bond donors (Lipinski definition) is 0. The largest absolute Gasteiger partial charge is 0.347 e. The van der Waals surface area contributed by atoms with Gasteiger partial charge in [-0.15, -0.1) is 6.42 Å². The van der Waals surface area contributed by atoms with E-state index < -0.39 is 0 Å². The zero-order chi connectivity index (χ0) is 10.6. The first kappa shape index (κ1) is 10.4. The maximum Gasteiger partial charge on any atom is 0.149 e. The molecule has 4 heteroatoms. The fraction of sp³-hybridized carbons (Fsp3) is 0.200. The summed E-state index contributed by atoms with van der Waals surface area (Å²) in [6.07, 6.45) is 6.69. The third kappa shape index (κ3) is 1.96. The van der Waals surface area contributed by atoms with Crippen molar-refractivity contribution in [2.75, 3.05) is 18.5 Å². The Kier molecular flexibility index (Phi) is 3.34. The summed E-state index contributed by atoms with van der Waals surface area (Å²) in [6, 6.07) is 3.55. The van der Waals surface area contributed by atoms with E-state index in [0.29, 0.717) is 22.9 Å². The molecule has 14 heavy (non-hydrogen) atoms. The van der Waals surface area contributed by atoms with Crippen molar-refractivity contribution < 1.29 is 0 Å². The average Bonchev–Trinajstić information content (AvgIpc) is 2.18. The Hall–Kier alpha value is -1.71. The van der Waals surface area contributed by atoms with E-state index in [1.54, 1.807) is 18.0 Å². The number of terminal acetylenes is 1.